The lowest BCUT2D eigenvalue weighted by Gasteiger charge is -2.16. The van der Waals surface area contributed by atoms with Crippen molar-refractivity contribution in [3.05, 3.63) is 20.8 Å². The van der Waals surface area contributed by atoms with E-state index in [1.165, 1.54) is 0 Å². The van der Waals surface area contributed by atoms with Crippen LogP contribution in [0.1, 0.15) is 11.8 Å². The molecule has 5 nitrogen and oxygen atoms in total. The van der Waals surface area contributed by atoms with Gasteiger partial charge in [0, 0.05) is 27.8 Å². The molecule has 0 saturated carbocycles. The Hall–Kier alpha value is -1.08. The fourth-order valence-corrected chi connectivity index (χ4v) is 3.57. The Bertz CT molecular complexity index is 491. The normalized spacial score (nSPS) is 22.5. The Labute approximate surface area is 123 Å². The van der Waals surface area contributed by atoms with Crippen LogP contribution in [0.15, 0.2) is 15.9 Å². The second-order valence-corrected chi connectivity index (χ2v) is 6.63. The minimum absolute atomic E-state index is 0.000803. The number of hydrogen-bond acceptors (Lipinski definition) is 3. The predicted molar refractivity (Wildman–Crippen MR) is 76.1 cm³/mol. The van der Waals surface area contributed by atoms with E-state index < -0.39 is 11.9 Å². The highest BCUT2D eigenvalue weighted by Crippen LogP contribution is 2.23. The number of aliphatic carboxylic acids is 1. The van der Waals surface area contributed by atoms with Gasteiger partial charge in [0.25, 0.3) is 0 Å². The van der Waals surface area contributed by atoms with Crippen LogP contribution in [0.5, 0.6) is 0 Å². The fourth-order valence-electron chi connectivity index (χ4n) is 2.18. The predicted octanol–water partition coefficient (Wildman–Crippen LogP) is 2.37. The number of carboxylic acids is 1. The molecule has 2 amide bonds. The Morgan fingerprint density at radius 1 is 1.58 bits per heavy atom. The van der Waals surface area contributed by atoms with Crippen LogP contribution in [0.25, 0.3) is 0 Å². The van der Waals surface area contributed by atoms with E-state index in [1.807, 2.05) is 18.4 Å². The lowest BCUT2D eigenvalue weighted by molar-refractivity contribution is -0.142. The molecule has 104 valence electrons. The maximum Gasteiger partial charge on any atom is 0.317 e. The van der Waals surface area contributed by atoms with E-state index in [-0.39, 0.29) is 18.5 Å². The Kier molecular flexibility index (Phi) is 4.46. The number of nitrogens with one attached hydrogen (secondary N) is 1. The first kappa shape index (κ1) is 14.3. The number of carbonyl (C=O) groups excluding carboxylic acids is 1. The number of urea groups is 1. The highest BCUT2D eigenvalue weighted by molar-refractivity contribution is 9.10. The van der Waals surface area contributed by atoms with Gasteiger partial charge in [-0.15, -0.1) is 11.3 Å². The monoisotopic (exact) mass is 346 g/mol. The molecule has 0 spiro atoms. The molecule has 1 aliphatic rings. The molecule has 7 heteroatoms. The van der Waals surface area contributed by atoms with E-state index in [0.717, 1.165) is 9.35 Å². The molecule has 19 heavy (non-hydrogen) atoms. The van der Waals surface area contributed by atoms with Gasteiger partial charge in [0.15, 0.2) is 0 Å². The van der Waals surface area contributed by atoms with Gasteiger partial charge in [-0.3, -0.25) is 4.79 Å². The third-order valence-electron chi connectivity index (χ3n) is 3.25. The molecule has 0 unspecified atom stereocenters. The van der Waals surface area contributed by atoms with Crippen LogP contribution < -0.4 is 5.32 Å². The number of rotatable bonds is 3. The molecular formula is C12H15BrN2O3S. The van der Waals surface area contributed by atoms with Crippen molar-refractivity contribution in [3.8, 4) is 0 Å². The van der Waals surface area contributed by atoms with Crippen LogP contribution >= 0.6 is 27.3 Å². The number of hydrogen-bond donors (Lipinski definition) is 2. The van der Waals surface area contributed by atoms with Crippen LogP contribution in [0, 0.1) is 11.8 Å². The van der Waals surface area contributed by atoms with E-state index in [9.17, 15) is 9.59 Å². The van der Waals surface area contributed by atoms with Gasteiger partial charge in [-0.2, -0.15) is 0 Å². The number of amides is 2. The minimum Gasteiger partial charge on any atom is -0.481 e. The maximum absolute atomic E-state index is 12.0. The topological polar surface area (TPSA) is 69.6 Å². The summed E-state index contributed by atoms with van der Waals surface area (Å²) in [4.78, 5) is 25.6. The average molecular weight is 347 g/mol. The number of carbonyl (C=O) groups is 2. The summed E-state index contributed by atoms with van der Waals surface area (Å²) in [7, 11) is 0. The van der Waals surface area contributed by atoms with Crippen LogP contribution in [-0.2, 0) is 11.3 Å². The summed E-state index contributed by atoms with van der Waals surface area (Å²) in [6.45, 7) is 3.12. The van der Waals surface area contributed by atoms with Crippen LogP contribution in [-0.4, -0.2) is 35.1 Å². The molecule has 1 aromatic rings. The third-order valence-corrected chi connectivity index (χ3v) is 4.95. The van der Waals surface area contributed by atoms with Gasteiger partial charge >= 0.3 is 12.0 Å². The standard InChI is InChI=1S/C12H15BrN2O3S/c1-7-4-15(5-10(7)11(16)17)12(18)14-3-9-2-8(13)6-19-9/h2,6-7,10H,3-5H2,1H3,(H,14,18)(H,16,17)/t7-,10-/m1/s1. The van der Waals surface area contributed by atoms with Crippen LogP contribution in [0.2, 0.25) is 0 Å². The maximum atomic E-state index is 12.0. The molecule has 1 aliphatic heterocycles. The first-order valence-electron chi connectivity index (χ1n) is 5.96. The van der Waals surface area contributed by atoms with Crippen molar-refractivity contribution < 1.29 is 14.7 Å². The summed E-state index contributed by atoms with van der Waals surface area (Å²) in [6.07, 6.45) is 0. The SMILES string of the molecule is C[C@@H]1CN(C(=O)NCc2cc(Br)cs2)C[C@H]1C(=O)O. The minimum atomic E-state index is -0.829. The second kappa shape index (κ2) is 5.92. The quantitative estimate of drug-likeness (QED) is 0.882. The van der Waals surface area contributed by atoms with Crippen LogP contribution in [0.4, 0.5) is 4.79 Å². The van der Waals surface area contributed by atoms with Gasteiger partial charge in [0.1, 0.15) is 0 Å². The van der Waals surface area contributed by atoms with Crippen molar-refractivity contribution in [3.63, 3.8) is 0 Å². The molecule has 0 aliphatic carbocycles. The van der Waals surface area contributed by atoms with Gasteiger partial charge < -0.3 is 15.3 Å². The smallest absolute Gasteiger partial charge is 0.317 e. The van der Waals surface area contributed by atoms with E-state index >= 15 is 0 Å². The van der Waals surface area contributed by atoms with Crippen molar-refractivity contribution in [1.29, 1.82) is 0 Å². The average Bonchev–Trinajstić information content (AvgIpc) is 2.92. The summed E-state index contributed by atoms with van der Waals surface area (Å²) in [5.74, 6) is -1.29. The van der Waals surface area contributed by atoms with Gasteiger partial charge in [-0.25, -0.2) is 4.79 Å². The Morgan fingerprint density at radius 2 is 2.32 bits per heavy atom. The number of thiophene rings is 1. The zero-order chi connectivity index (χ0) is 14.0. The number of carboxylic acid groups (broad SMARTS) is 1. The van der Waals surface area contributed by atoms with Gasteiger partial charge in [0.05, 0.1) is 12.5 Å². The van der Waals surface area contributed by atoms with E-state index in [1.54, 1.807) is 16.2 Å². The first-order valence-corrected chi connectivity index (χ1v) is 7.63. The van der Waals surface area contributed by atoms with E-state index in [4.69, 9.17) is 5.11 Å². The molecule has 1 aromatic heterocycles. The zero-order valence-electron chi connectivity index (χ0n) is 10.4. The molecule has 2 heterocycles. The first-order chi connectivity index (χ1) is 8.97. The zero-order valence-corrected chi connectivity index (χ0v) is 12.8. The molecule has 2 atom stereocenters. The van der Waals surface area contributed by atoms with Crippen molar-refractivity contribution in [2.75, 3.05) is 13.1 Å². The fraction of sp³-hybridized carbons (Fsp3) is 0.500. The van der Waals surface area contributed by atoms with Crippen molar-refractivity contribution in [2.24, 2.45) is 11.8 Å². The summed E-state index contributed by atoms with van der Waals surface area (Å²) >= 11 is 4.92. The summed E-state index contributed by atoms with van der Waals surface area (Å²) in [5.41, 5.74) is 0. The Morgan fingerprint density at radius 3 is 2.84 bits per heavy atom. The second-order valence-electron chi connectivity index (χ2n) is 4.72. The summed E-state index contributed by atoms with van der Waals surface area (Å²) < 4.78 is 1.00. The van der Waals surface area contributed by atoms with E-state index in [0.29, 0.717) is 13.1 Å². The summed E-state index contributed by atoms with van der Waals surface area (Å²) in [5, 5.41) is 13.8. The molecule has 2 N–H and O–H groups in total. The molecule has 0 aromatic carbocycles. The van der Waals surface area contributed by atoms with E-state index in [2.05, 4.69) is 21.2 Å². The Balaban J connectivity index is 1.86. The molecule has 0 bridgehead atoms. The van der Waals surface area contributed by atoms with Gasteiger partial charge in [-0.05, 0) is 27.9 Å². The molecule has 0 radical (unpaired) electrons. The summed E-state index contributed by atoms with van der Waals surface area (Å²) in [6, 6.07) is 1.76. The third kappa shape index (κ3) is 3.48. The number of likely N-dealkylation sites (tertiary alicyclic amines) is 1. The highest BCUT2D eigenvalue weighted by atomic mass is 79.9. The van der Waals surface area contributed by atoms with Crippen molar-refractivity contribution >= 4 is 39.3 Å². The number of nitrogens with zero attached hydrogens (tertiary/aromatic N) is 1. The molecule has 1 saturated heterocycles. The lowest BCUT2D eigenvalue weighted by Crippen LogP contribution is -2.38. The lowest BCUT2D eigenvalue weighted by atomic mass is 9.99. The van der Waals surface area contributed by atoms with Gasteiger partial charge in [-0.1, -0.05) is 6.92 Å². The number of halogens is 1. The molecule has 1 fully saturated rings. The van der Waals surface area contributed by atoms with Crippen molar-refractivity contribution in [1.82, 2.24) is 10.2 Å². The molecular weight excluding hydrogens is 332 g/mol. The molecule has 2 rings (SSSR count). The highest BCUT2D eigenvalue weighted by Gasteiger charge is 2.36. The van der Waals surface area contributed by atoms with Crippen molar-refractivity contribution in [2.45, 2.75) is 13.5 Å². The van der Waals surface area contributed by atoms with Gasteiger partial charge in [0.2, 0.25) is 0 Å². The largest absolute Gasteiger partial charge is 0.481 e. The van der Waals surface area contributed by atoms with Crippen LogP contribution in [0.3, 0.4) is 0 Å².